The fourth-order valence-electron chi connectivity index (χ4n) is 3.07. The summed E-state index contributed by atoms with van der Waals surface area (Å²) in [6, 6.07) is 5.78. The zero-order valence-electron chi connectivity index (χ0n) is 15.0. The van der Waals surface area contributed by atoms with E-state index in [1.807, 2.05) is 25.2 Å². The van der Waals surface area contributed by atoms with Crippen LogP contribution in [0.1, 0.15) is 12.0 Å². The van der Waals surface area contributed by atoms with Crippen LogP contribution in [0.5, 0.6) is 11.5 Å². The molecule has 1 aliphatic heterocycles. The molecule has 1 amide bonds. The van der Waals surface area contributed by atoms with Gasteiger partial charge in [0.2, 0.25) is 5.91 Å². The molecule has 0 aliphatic carbocycles. The topological polar surface area (TPSA) is 62.2 Å². The first-order chi connectivity index (χ1) is 11.5. The molecule has 6 heteroatoms. The number of likely N-dealkylation sites (tertiary alicyclic amines) is 1. The van der Waals surface area contributed by atoms with Crippen molar-refractivity contribution in [2.75, 3.05) is 47.9 Å². The SMILES string of the molecule is COc1ccc(CCN(C)C(=O)[C@@H]2CN(C)CC[C@@H]2O)cc1OC. The van der Waals surface area contributed by atoms with Crippen LogP contribution in [-0.4, -0.2) is 74.9 Å². The Morgan fingerprint density at radius 3 is 2.71 bits per heavy atom. The van der Waals surface area contributed by atoms with Crippen LogP contribution in [0.15, 0.2) is 18.2 Å². The van der Waals surface area contributed by atoms with Crippen molar-refractivity contribution in [3.63, 3.8) is 0 Å². The first-order valence-electron chi connectivity index (χ1n) is 8.28. The van der Waals surface area contributed by atoms with Crippen LogP contribution in [-0.2, 0) is 11.2 Å². The number of piperidine rings is 1. The summed E-state index contributed by atoms with van der Waals surface area (Å²) in [5, 5.41) is 10.1. The number of rotatable bonds is 6. The normalized spacial score (nSPS) is 21.4. The van der Waals surface area contributed by atoms with E-state index < -0.39 is 6.10 Å². The van der Waals surface area contributed by atoms with Gasteiger partial charge in [-0.3, -0.25) is 4.79 Å². The second kappa shape index (κ2) is 8.35. The van der Waals surface area contributed by atoms with Gasteiger partial charge in [0.1, 0.15) is 0 Å². The second-order valence-corrected chi connectivity index (χ2v) is 6.42. The number of likely N-dealkylation sites (N-methyl/N-ethyl adjacent to an activating group) is 1. The molecule has 1 N–H and O–H groups in total. The molecule has 1 aliphatic rings. The summed E-state index contributed by atoms with van der Waals surface area (Å²) in [4.78, 5) is 16.4. The predicted octanol–water partition coefficient (Wildman–Crippen LogP) is 1.02. The average Bonchev–Trinajstić information content (AvgIpc) is 2.60. The molecule has 2 atom stereocenters. The molecule has 0 bridgehead atoms. The molecular formula is C18H28N2O4. The number of aliphatic hydroxyl groups excluding tert-OH is 1. The van der Waals surface area contributed by atoms with Gasteiger partial charge in [0.05, 0.1) is 26.2 Å². The van der Waals surface area contributed by atoms with Crippen molar-refractivity contribution < 1.29 is 19.4 Å². The van der Waals surface area contributed by atoms with E-state index in [2.05, 4.69) is 4.90 Å². The highest BCUT2D eigenvalue weighted by atomic mass is 16.5. The number of aliphatic hydroxyl groups is 1. The highest BCUT2D eigenvalue weighted by Gasteiger charge is 2.33. The van der Waals surface area contributed by atoms with Crippen LogP contribution in [0, 0.1) is 5.92 Å². The largest absolute Gasteiger partial charge is 0.493 e. The minimum absolute atomic E-state index is 0.00882. The van der Waals surface area contributed by atoms with E-state index in [0.29, 0.717) is 31.0 Å². The number of nitrogens with zero attached hydrogens (tertiary/aromatic N) is 2. The van der Waals surface area contributed by atoms with Gasteiger partial charge in [-0.25, -0.2) is 0 Å². The molecule has 0 saturated carbocycles. The van der Waals surface area contributed by atoms with Crippen molar-refractivity contribution >= 4 is 5.91 Å². The van der Waals surface area contributed by atoms with E-state index in [1.165, 1.54) is 0 Å². The predicted molar refractivity (Wildman–Crippen MR) is 92.5 cm³/mol. The lowest BCUT2D eigenvalue weighted by molar-refractivity contribution is -0.140. The van der Waals surface area contributed by atoms with Crippen molar-refractivity contribution in [3.8, 4) is 11.5 Å². The molecule has 1 aromatic carbocycles. The second-order valence-electron chi connectivity index (χ2n) is 6.42. The molecule has 0 aromatic heterocycles. The Labute approximate surface area is 144 Å². The Morgan fingerprint density at radius 2 is 2.04 bits per heavy atom. The minimum atomic E-state index is -0.544. The van der Waals surface area contributed by atoms with Gasteiger partial charge in [-0.05, 0) is 37.6 Å². The maximum atomic E-state index is 12.6. The summed E-state index contributed by atoms with van der Waals surface area (Å²) in [7, 11) is 6.99. The standard InChI is InChI=1S/C18H28N2O4/c1-19-9-8-15(21)14(12-19)18(22)20(2)10-7-13-5-6-16(23-3)17(11-13)24-4/h5-6,11,14-15,21H,7-10,12H2,1-4H3/t14-,15+/m1/s1. The molecule has 1 heterocycles. The van der Waals surface area contributed by atoms with Crippen LogP contribution >= 0.6 is 0 Å². The first-order valence-corrected chi connectivity index (χ1v) is 8.28. The van der Waals surface area contributed by atoms with Crippen molar-refractivity contribution in [2.24, 2.45) is 5.92 Å². The average molecular weight is 336 g/mol. The van der Waals surface area contributed by atoms with Crippen molar-refractivity contribution in [3.05, 3.63) is 23.8 Å². The van der Waals surface area contributed by atoms with E-state index in [0.717, 1.165) is 18.5 Å². The molecule has 1 saturated heterocycles. The Kier molecular flexibility index (Phi) is 6.45. The number of carbonyl (C=O) groups excluding carboxylic acids is 1. The third-order valence-corrected chi connectivity index (χ3v) is 4.66. The van der Waals surface area contributed by atoms with E-state index in [-0.39, 0.29) is 11.8 Å². The fourth-order valence-corrected chi connectivity index (χ4v) is 3.07. The summed E-state index contributed by atoms with van der Waals surface area (Å²) in [5.74, 6) is 1.06. The first kappa shape index (κ1) is 18.5. The van der Waals surface area contributed by atoms with Crippen LogP contribution in [0.2, 0.25) is 0 Å². The molecule has 0 radical (unpaired) electrons. The number of hydrogen-bond donors (Lipinski definition) is 1. The lowest BCUT2D eigenvalue weighted by Crippen LogP contribution is -2.49. The number of hydrogen-bond acceptors (Lipinski definition) is 5. The number of amides is 1. The quantitative estimate of drug-likeness (QED) is 0.840. The molecule has 1 aromatic rings. The van der Waals surface area contributed by atoms with Gasteiger partial charge in [0.15, 0.2) is 11.5 Å². The summed E-state index contributed by atoms with van der Waals surface area (Å²) in [6.45, 7) is 2.04. The molecule has 1 fully saturated rings. The molecule has 24 heavy (non-hydrogen) atoms. The van der Waals surface area contributed by atoms with Crippen LogP contribution in [0.3, 0.4) is 0 Å². The lowest BCUT2D eigenvalue weighted by atomic mass is 9.93. The Hall–Kier alpha value is -1.79. The van der Waals surface area contributed by atoms with Gasteiger partial charge >= 0.3 is 0 Å². The Morgan fingerprint density at radius 1 is 1.33 bits per heavy atom. The number of methoxy groups -OCH3 is 2. The van der Waals surface area contributed by atoms with E-state index in [9.17, 15) is 9.90 Å². The van der Waals surface area contributed by atoms with Crippen molar-refractivity contribution in [1.29, 1.82) is 0 Å². The fraction of sp³-hybridized carbons (Fsp3) is 0.611. The molecular weight excluding hydrogens is 308 g/mol. The zero-order valence-corrected chi connectivity index (χ0v) is 15.0. The third-order valence-electron chi connectivity index (χ3n) is 4.66. The Bertz CT molecular complexity index is 564. The van der Waals surface area contributed by atoms with Crippen LogP contribution in [0.25, 0.3) is 0 Å². The number of benzene rings is 1. The van der Waals surface area contributed by atoms with E-state index >= 15 is 0 Å². The maximum Gasteiger partial charge on any atom is 0.229 e. The van der Waals surface area contributed by atoms with Crippen molar-refractivity contribution in [1.82, 2.24) is 9.80 Å². The van der Waals surface area contributed by atoms with Gasteiger partial charge < -0.3 is 24.4 Å². The van der Waals surface area contributed by atoms with Gasteiger partial charge in [-0.15, -0.1) is 0 Å². The smallest absolute Gasteiger partial charge is 0.229 e. The van der Waals surface area contributed by atoms with Crippen molar-refractivity contribution in [2.45, 2.75) is 18.9 Å². The summed E-state index contributed by atoms with van der Waals surface area (Å²) in [5.41, 5.74) is 1.08. The molecule has 0 unspecified atom stereocenters. The zero-order chi connectivity index (χ0) is 17.7. The van der Waals surface area contributed by atoms with Gasteiger partial charge in [0.25, 0.3) is 0 Å². The maximum absolute atomic E-state index is 12.6. The third kappa shape index (κ3) is 4.39. The summed E-state index contributed by atoms with van der Waals surface area (Å²) >= 11 is 0. The van der Waals surface area contributed by atoms with Crippen LogP contribution in [0.4, 0.5) is 0 Å². The summed E-state index contributed by atoms with van der Waals surface area (Å²) < 4.78 is 10.5. The molecule has 0 spiro atoms. The van der Waals surface area contributed by atoms with Crippen LogP contribution < -0.4 is 9.47 Å². The van der Waals surface area contributed by atoms with E-state index in [4.69, 9.17) is 9.47 Å². The van der Waals surface area contributed by atoms with Gasteiger partial charge in [0, 0.05) is 26.7 Å². The Balaban J connectivity index is 1.94. The number of ether oxygens (including phenoxy) is 2. The highest BCUT2D eigenvalue weighted by Crippen LogP contribution is 2.27. The summed E-state index contributed by atoms with van der Waals surface area (Å²) in [6.07, 6.45) is 0.828. The minimum Gasteiger partial charge on any atom is -0.493 e. The number of carbonyl (C=O) groups is 1. The molecule has 6 nitrogen and oxygen atoms in total. The van der Waals surface area contributed by atoms with Gasteiger partial charge in [-0.1, -0.05) is 6.07 Å². The highest BCUT2D eigenvalue weighted by molar-refractivity contribution is 5.79. The lowest BCUT2D eigenvalue weighted by Gasteiger charge is -2.35. The molecule has 2 rings (SSSR count). The van der Waals surface area contributed by atoms with E-state index in [1.54, 1.807) is 26.2 Å². The monoisotopic (exact) mass is 336 g/mol. The molecule has 134 valence electrons. The van der Waals surface area contributed by atoms with Gasteiger partial charge in [-0.2, -0.15) is 0 Å².